The van der Waals surface area contributed by atoms with Crippen LogP contribution in [0.2, 0.25) is 0 Å². The first-order valence-corrected chi connectivity index (χ1v) is 5.52. The summed E-state index contributed by atoms with van der Waals surface area (Å²) in [6, 6.07) is 0.799. The standard InChI is InChI=1S/C7H10N4O3.C4H4O4/c1-3-9-7(13)10-6(12)5(4-8)11-14-2;5-3(6)1-2-4(7)8/h3H2,1-2H3,(H2,9,10,12,13);1-2H,(H,5,6)(H,7,8)/b11-5-;2-1+. The Morgan fingerprint density at radius 3 is 2.05 bits per heavy atom. The third-order valence-corrected chi connectivity index (χ3v) is 1.44. The second-order valence-electron chi connectivity index (χ2n) is 3.06. The molecule has 22 heavy (non-hydrogen) atoms. The Morgan fingerprint density at radius 1 is 1.23 bits per heavy atom. The van der Waals surface area contributed by atoms with Crippen LogP contribution in [0.1, 0.15) is 6.92 Å². The van der Waals surface area contributed by atoms with Crippen molar-refractivity contribution in [3.8, 4) is 6.07 Å². The molecule has 0 fully saturated rings. The normalized spacial score (nSPS) is 9.77. The molecule has 0 saturated carbocycles. The molecule has 0 rings (SSSR count). The number of carboxylic acid groups (broad SMARTS) is 2. The molecule has 120 valence electrons. The predicted octanol–water partition coefficient (Wildman–Crippen LogP) is -0.930. The third kappa shape index (κ3) is 13.0. The second kappa shape index (κ2) is 12.6. The molecule has 4 N–H and O–H groups in total. The molecule has 0 saturated heterocycles. The number of carbonyl (C=O) groups is 4. The predicted molar refractivity (Wildman–Crippen MR) is 71.7 cm³/mol. The highest BCUT2D eigenvalue weighted by atomic mass is 16.6. The van der Waals surface area contributed by atoms with E-state index in [1.54, 1.807) is 6.92 Å². The summed E-state index contributed by atoms with van der Waals surface area (Å²) in [5.74, 6) is -3.42. The minimum atomic E-state index is -1.26. The molecule has 0 atom stereocenters. The number of carboxylic acids is 2. The number of imide groups is 1. The van der Waals surface area contributed by atoms with Crippen LogP contribution in [-0.2, 0) is 19.2 Å². The van der Waals surface area contributed by atoms with E-state index in [-0.39, 0.29) is 0 Å². The van der Waals surface area contributed by atoms with Crippen LogP contribution in [0, 0.1) is 11.3 Å². The number of aliphatic carboxylic acids is 2. The molecule has 0 aliphatic rings. The average Bonchev–Trinajstić information content (AvgIpc) is 2.43. The summed E-state index contributed by atoms with van der Waals surface area (Å²) in [6.45, 7) is 2.07. The van der Waals surface area contributed by atoms with E-state index in [4.69, 9.17) is 15.5 Å². The van der Waals surface area contributed by atoms with Crippen molar-refractivity contribution in [1.29, 1.82) is 5.26 Å². The van der Waals surface area contributed by atoms with E-state index in [1.165, 1.54) is 13.2 Å². The Bertz CT molecular complexity index is 503. The van der Waals surface area contributed by atoms with Gasteiger partial charge < -0.3 is 20.4 Å². The number of rotatable bonds is 5. The lowest BCUT2D eigenvalue weighted by molar-refractivity contribution is -0.134. The Labute approximate surface area is 124 Å². The molecule has 0 bridgehead atoms. The molecular weight excluding hydrogens is 300 g/mol. The molecule has 0 aliphatic carbocycles. The smallest absolute Gasteiger partial charge is 0.328 e. The van der Waals surface area contributed by atoms with Crippen LogP contribution in [0.5, 0.6) is 0 Å². The van der Waals surface area contributed by atoms with Crippen LogP contribution in [0.15, 0.2) is 17.3 Å². The van der Waals surface area contributed by atoms with Crippen molar-refractivity contribution < 1.29 is 34.2 Å². The maximum atomic E-state index is 11.0. The van der Waals surface area contributed by atoms with Crippen molar-refractivity contribution in [2.45, 2.75) is 6.92 Å². The summed E-state index contributed by atoms with van der Waals surface area (Å²) in [6.07, 6.45) is 1.12. The highest BCUT2D eigenvalue weighted by Crippen LogP contribution is 1.79. The summed E-state index contributed by atoms with van der Waals surface area (Å²) in [7, 11) is 1.19. The third-order valence-electron chi connectivity index (χ3n) is 1.44. The van der Waals surface area contributed by atoms with Crippen molar-refractivity contribution >= 4 is 29.6 Å². The number of carbonyl (C=O) groups excluding carboxylic acids is 2. The number of oxime groups is 1. The van der Waals surface area contributed by atoms with Gasteiger partial charge in [-0.15, -0.1) is 0 Å². The van der Waals surface area contributed by atoms with Crippen molar-refractivity contribution in [2.75, 3.05) is 13.7 Å². The van der Waals surface area contributed by atoms with Gasteiger partial charge in [0.05, 0.1) is 0 Å². The minimum Gasteiger partial charge on any atom is -0.478 e. The van der Waals surface area contributed by atoms with Gasteiger partial charge in [0.25, 0.3) is 5.91 Å². The highest BCUT2D eigenvalue weighted by molar-refractivity contribution is 6.46. The molecule has 0 aliphatic heterocycles. The fourth-order valence-corrected chi connectivity index (χ4v) is 0.714. The number of nitriles is 1. The zero-order chi connectivity index (χ0) is 17.5. The number of hydrogen-bond acceptors (Lipinski definition) is 7. The van der Waals surface area contributed by atoms with Gasteiger partial charge in [0.1, 0.15) is 13.2 Å². The SMILES string of the molecule is CCNC(=O)NC(=O)/C(C#N)=N\OC.O=C(O)/C=C/C(=O)O. The van der Waals surface area contributed by atoms with Crippen LogP contribution >= 0.6 is 0 Å². The molecule has 0 spiro atoms. The number of urea groups is 1. The van der Waals surface area contributed by atoms with E-state index in [0.29, 0.717) is 18.7 Å². The van der Waals surface area contributed by atoms with Crippen LogP contribution in [-0.4, -0.2) is 53.5 Å². The van der Waals surface area contributed by atoms with E-state index in [1.807, 2.05) is 5.32 Å². The topological polar surface area (TPSA) is 178 Å². The number of amides is 3. The lowest BCUT2D eigenvalue weighted by atomic mass is 10.4. The molecule has 0 aromatic carbocycles. The molecule has 0 unspecified atom stereocenters. The van der Waals surface area contributed by atoms with E-state index in [9.17, 15) is 19.2 Å². The van der Waals surface area contributed by atoms with Gasteiger partial charge in [-0.2, -0.15) is 5.26 Å². The first-order chi connectivity index (χ1) is 10.3. The maximum absolute atomic E-state index is 11.0. The summed E-state index contributed by atoms with van der Waals surface area (Å²) in [5, 5.41) is 31.4. The number of nitrogens with one attached hydrogen (secondary N) is 2. The van der Waals surface area contributed by atoms with E-state index in [2.05, 4.69) is 15.3 Å². The van der Waals surface area contributed by atoms with Crippen LogP contribution in [0.25, 0.3) is 0 Å². The van der Waals surface area contributed by atoms with Gasteiger partial charge in [-0.25, -0.2) is 14.4 Å². The fourth-order valence-electron chi connectivity index (χ4n) is 0.714. The molecule has 3 amide bonds. The van der Waals surface area contributed by atoms with Gasteiger partial charge in [0.15, 0.2) is 0 Å². The maximum Gasteiger partial charge on any atom is 0.328 e. The van der Waals surface area contributed by atoms with Crippen molar-refractivity contribution in [1.82, 2.24) is 10.6 Å². The zero-order valence-electron chi connectivity index (χ0n) is 11.7. The number of hydrogen-bond donors (Lipinski definition) is 4. The summed E-state index contributed by atoms with van der Waals surface area (Å²) in [5.41, 5.74) is -0.515. The Balaban J connectivity index is 0. The van der Waals surface area contributed by atoms with Gasteiger partial charge in [0.2, 0.25) is 5.71 Å². The van der Waals surface area contributed by atoms with E-state index in [0.717, 1.165) is 0 Å². The van der Waals surface area contributed by atoms with Gasteiger partial charge >= 0.3 is 18.0 Å². The molecule has 0 heterocycles. The van der Waals surface area contributed by atoms with Crippen molar-refractivity contribution in [2.24, 2.45) is 5.16 Å². The van der Waals surface area contributed by atoms with Crippen LogP contribution < -0.4 is 10.6 Å². The highest BCUT2D eigenvalue weighted by Gasteiger charge is 2.14. The first kappa shape index (κ1) is 20.9. The van der Waals surface area contributed by atoms with Crippen LogP contribution in [0.4, 0.5) is 4.79 Å². The second-order valence-corrected chi connectivity index (χ2v) is 3.06. The average molecular weight is 314 g/mol. The Kier molecular flexibility index (Phi) is 12.0. The molecular formula is C11H14N4O7. The molecule has 0 radical (unpaired) electrons. The van der Waals surface area contributed by atoms with Crippen LogP contribution in [0.3, 0.4) is 0 Å². The summed E-state index contributed by atoms with van der Waals surface area (Å²) in [4.78, 5) is 45.2. The molecule has 11 nitrogen and oxygen atoms in total. The summed E-state index contributed by atoms with van der Waals surface area (Å²) >= 11 is 0. The van der Waals surface area contributed by atoms with Crippen molar-refractivity contribution in [3.63, 3.8) is 0 Å². The lowest BCUT2D eigenvalue weighted by Crippen LogP contribution is -2.42. The van der Waals surface area contributed by atoms with E-state index >= 15 is 0 Å². The number of nitrogens with zero attached hydrogens (tertiary/aromatic N) is 2. The van der Waals surface area contributed by atoms with E-state index < -0.39 is 29.6 Å². The molecule has 11 heteroatoms. The van der Waals surface area contributed by atoms with Gasteiger partial charge in [-0.1, -0.05) is 5.16 Å². The zero-order valence-corrected chi connectivity index (χ0v) is 11.7. The summed E-state index contributed by atoms with van der Waals surface area (Å²) < 4.78 is 0. The Hall–Kier alpha value is -3.42. The van der Waals surface area contributed by atoms with Gasteiger partial charge in [-0.3, -0.25) is 10.1 Å². The fraction of sp³-hybridized carbons (Fsp3) is 0.273. The molecule has 0 aromatic rings. The van der Waals surface area contributed by atoms with Gasteiger partial charge in [0, 0.05) is 18.7 Å². The largest absolute Gasteiger partial charge is 0.478 e. The van der Waals surface area contributed by atoms with Crippen molar-refractivity contribution in [3.05, 3.63) is 12.2 Å². The lowest BCUT2D eigenvalue weighted by Gasteiger charge is -2.01. The Morgan fingerprint density at radius 2 is 1.73 bits per heavy atom. The van der Waals surface area contributed by atoms with Gasteiger partial charge in [-0.05, 0) is 6.92 Å². The minimum absolute atomic E-state index is 0.377. The monoisotopic (exact) mass is 314 g/mol. The quantitative estimate of drug-likeness (QED) is 0.285. The molecule has 0 aromatic heterocycles. The first-order valence-electron chi connectivity index (χ1n) is 5.52.